The van der Waals surface area contributed by atoms with Crippen molar-refractivity contribution in [3.63, 3.8) is 0 Å². The zero-order valence-corrected chi connectivity index (χ0v) is 17.8. The van der Waals surface area contributed by atoms with Crippen LogP contribution in [0.3, 0.4) is 0 Å². The van der Waals surface area contributed by atoms with Crippen molar-refractivity contribution >= 4 is 33.3 Å². The molecule has 0 spiro atoms. The van der Waals surface area contributed by atoms with Gasteiger partial charge in [0, 0.05) is 24.5 Å². The first-order valence-electron chi connectivity index (χ1n) is 9.93. The average molecular weight is 477 g/mol. The first-order chi connectivity index (χ1) is 15.2. The number of rotatable bonds is 7. The fourth-order valence-electron chi connectivity index (χ4n) is 3.51. The quantitative estimate of drug-likeness (QED) is 0.505. The maximum Gasteiger partial charge on any atom is 0.461 e. The summed E-state index contributed by atoms with van der Waals surface area (Å²) in [6, 6.07) is 1.97. The van der Waals surface area contributed by atoms with Gasteiger partial charge in [0.25, 0.3) is 0 Å². The molecule has 8 nitrogen and oxygen atoms in total. The second-order valence-electron chi connectivity index (χ2n) is 7.29. The fourth-order valence-corrected chi connectivity index (χ4v) is 4.63. The monoisotopic (exact) mass is 477 g/mol. The topological polar surface area (TPSA) is 92.0 Å². The van der Waals surface area contributed by atoms with Crippen LogP contribution < -0.4 is 10.2 Å². The van der Waals surface area contributed by atoms with Crippen LogP contribution in [-0.2, 0) is 25.4 Å². The van der Waals surface area contributed by atoms with Crippen molar-refractivity contribution in [2.75, 3.05) is 29.9 Å². The maximum absolute atomic E-state index is 13.8. The largest absolute Gasteiger partial charge is 0.461 e. The summed E-state index contributed by atoms with van der Waals surface area (Å²) < 4.78 is 67.0. The van der Waals surface area contributed by atoms with Gasteiger partial charge in [0.1, 0.15) is 10.6 Å². The third-order valence-corrected chi connectivity index (χ3v) is 6.09. The van der Waals surface area contributed by atoms with E-state index in [2.05, 4.69) is 32.4 Å². The van der Waals surface area contributed by atoms with Crippen LogP contribution in [0.25, 0.3) is 10.2 Å². The van der Waals surface area contributed by atoms with Gasteiger partial charge in [-0.2, -0.15) is 26.9 Å². The lowest BCUT2D eigenvalue weighted by molar-refractivity contribution is -0.293. The Balaban J connectivity index is 1.70. The highest BCUT2D eigenvalue weighted by molar-refractivity contribution is 7.18. The molecule has 0 saturated carbocycles. The molecule has 4 heterocycles. The number of halogens is 5. The van der Waals surface area contributed by atoms with Gasteiger partial charge < -0.3 is 19.9 Å². The number of alkyl halides is 5. The van der Waals surface area contributed by atoms with Gasteiger partial charge >= 0.3 is 12.1 Å². The van der Waals surface area contributed by atoms with E-state index >= 15 is 0 Å². The van der Waals surface area contributed by atoms with Crippen molar-refractivity contribution in [1.82, 2.24) is 24.7 Å². The summed E-state index contributed by atoms with van der Waals surface area (Å²) in [6.45, 7) is 2.12. The van der Waals surface area contributed by atoms with E-state index in [0.29, 0.717) is 11.8 Å². The van der Waals surface area contributed by atoms with Gasteiger partial charge in [0.05, 0.1) is 18.5 Å². The van der Waals surface area contributed by atoms with Crippen molar-refractivity contribution in [2.24, 2.45) is 0 Å². The van der Waals surface area contributed by atoms with E-state index in [0.717, 1.165) is 32.5 Å². The highest BCUT2D eigenvalue weighted by Crippen LogP contribution is 2.43. The Hall–Kier alpha value is -2.61. The number of aliphatic hydroxyl groups is 1. The lowest BCUT2D eigenvalue weighted by Gasteiger charge is -2.30. The maximum atomic E-state index is 13.8. The van der Waals surface area contributed by atoms with Gasteiger partial charge in [-0.05, 0) is 12.5 Å². The molecule has 3 aromatic heterocycles. The number of aryl methyl sites for hydroxylation is 1. The molecule has 4 rings (SSSR count). The van der Waals surface area contributed by atoms with Crippen molar-refractivity contribution in [3.05, 3.63) is 22.6 Å². The summed E-state index contributed by atoms with van der Waals surface area (Å²) in [5.41, 5.74) is 0. The molecule has 14 heteroatoms. The van der Waals surface area contributed by atoms with E-state index in [1.165, 1.54) is 11.3 Å². The van der Waals surface area contributed by atoms with Gasteiger partial charge in [-0.15, -0.1) is 21.5 Å². The predicted octanol–water partition coefficient (Wildman–Crippen LogP) is 3.31. The molecule has 0 fully saturated rings. The molecule has 0 aromatic carbocycles. The van der Waals surface area contributed by atoms with E-state index in [9.17, 15) is 22.0 Å². The van der Waals surface area contributed by atoms with Crippen LogP contribution >= 0.6 is 11.3 Å². The van der Waals surface area contributed by atoms with E-state index in [1.807, 2.05) is 6.07 Å². The number of nitrogens with zero attached hydrogens (tertiary/aromatic N) is 6. The minimum atomic E-state index is -5.76. The molecule has 1 aliphatic heterocycles. The van der Waals surface area contributed by atoms with Crippen LogP contribution in [0.2, 0.25) is 0 Å². The normalized spacial score (nSPS) is 14.8. The molecule has 32 heavy (non-hydrogen) atoms. The van der Waals surface area contributed by atoms with Crippen molar-refractivity contribution in [3.8, 4) is 0 Å². The Kier molecular flexibility index (Phi) is 5.92. The summed E-state index contributed by atoms with van der Waals surface area (Å²) in [5.74, 6) is -5.68. The van der Waals surface area contributed by atoms with Crippen LogP contribution in [-0.4, -0.2) is 55.7 Å². The van der Waals surface area contributed by atoms with Gasteiger partial charge in [0.2, 0.25) is 11.8 Å². The summed E-state index contributed by atoms with van der Waals surface area (Å²) in [5, 5.41) is 19.5. The highest BCUT2D eigenvalue weighted by Gasteiger charge is 2.62. The Morgan fingerprint density at radius 2 is 1.94 bits per heavy atom. The zero-order chi connectivity index (χ0) is 23.1. The van der Waals surface area contributed by atoms with Crippen LogP contribution in [0, 0.1) is 0 Å². The van der Waals surface area contributed by atoms with Crippen LogP contribution in [0.5, 0.6) is 0 Å². The summed E-state index contributed by atoms with van der Waals surface area (Å²) >= 11 is 1.51. The molecule has 0 unspecified atom stereocenters. The molecule has 0 amide bonds. The Morgan fingerprint density at radius 1 is 1.16 bits per heavy atom. The molecule has 0 radical (unpaired) electrons. The van der Waals surface area contributed by atoms with Crippen LogP contribution in [0.1, 0.15) is 29.9 Å². The number of hydrogen-bond acceptors (Lipinski definition) is 8. The molecule has 1 aliphatic rings. The molecule has 0 atom stereocenters. The van der Waals surface area contributed by atoms with Crippen LogP contribution in [0.4, 0.5) is 33.7 Å². The predicted molar refractivity (Wildman–Crippen MR) is 108 cm³/mol. The Labute approximate surface area is 183 Å². The van der Waals surface area contributed by atoms with Gasteiger partial charge in [-0.3, -0.25) is 0 Å². The first-order valence-corrected chi connectivity index (χ1v) is 10.7. The minimum Gasteiger partial charge on any atom is -0.395 e. The van der Waals surface area contributed by atoms with E-state index in [4.69, 9.17) is 5.11 Å². The van der Waals surface area contributed by atoms with E-state index in [-0.39, 0.29) is 38.6 Å². The molecule has 0 saturated heterocycles. The molecular formula is C18H20F5N7OS. The SMILES string of the molecule is CCCc1cc2c(N3CCn4c(nnc4C(F)(F)C(F)(F)F)C3)nc(NCCO)nc2s1. The zero-order valence-electron chi connectivity index (χ0n) is 17.0. The first kappa shape index (κ1) is 22.6. The van der Waals surface area contributed by atoms with Crippen molar-refractivity contribution < 1.29 is 27.1 Å². The number of anilines is 2. The summed E-state index contributed by atoms with van der Waals surface area (Å²) in [7, 11) is 0. The smallest absolute Gasteiger partial charge is 0.395 e. The second-order valence-corrected chi connectivity index (χ2v) is 8.40. The van der Waals surface area contributed by atoms with Crippen molar-refractivity contribution in [2.45, 2.75) is 45.0 Å². The molecule has 0 aliphatic carbocycles. The van der Waals surface area contributed by atoms with Crippen molar-refractivity contribution in [1.29, 1.82) is 0 Å². The average Bonchev–Trinajstić information content (AvgIpc) is 3.34. The molecule has 174 valence electrons. The van der Waals surface area contributed by atoms with Gasteiger partial charge in [-0.25, -0.2) is 4.98 Å². The third-order valence-electron chi connectivity index (χ3n) is 5.00. The third kappa shape index (κ3) is 3.96. The minimum absolute atomic E-state index is 0.00387. The molecule has 0 bridgehead atoms. The lowest BCUT2D eigenvalue weighted by atomic mass is 10.2. The molecular weight excluding hydrogens is 457 g/mol. The highest BCUT2D eigenvalue weighted by atomic mass is 32.1. The fraction of sp³-hybridized carbons (Fsp3) is 0.556. The van der Waals surface area contributed by atoms with E-state index < -0.39 is 17.9 Å². The molecule has 2 N–H and O–H groups in total. The standard InChI is InChI=1S/C18H20F5N7OS/c1-2-3-10-8-11-13(25-16(24-4-7-31)26-14(11)32-10)29-5-6-30-12(9-29)27-28-15(30)17(19,20)18(21,22)23/h8,31H,2-7,9H2,1H3,(H,24,25,26). The van der Waals surface area contributed by atoms with Gasteiger partial charge in [0.15, 0.2) is 5.82 Å². The number of nitrogens with one attached hydrogen (secondary N) is 1. The lowest BCUT2D eigenvalue weighted by Crippen LogP contribution is -2.40. The Morgan fingerprint density at radius 3 is 2.62 bits per heavy atom. The number of aliphatic hydroxyl groups excluding tert-OH is 1. The van der Waals surface area contributed by atoms with Gasteiger partial charge in [-0.1, -0.05) is 13.3 Å². The summed E-state index contributed by atoms with van der Waals surface area (Å²) in [4.78, 5) is 12.6. The number of hydrogen-bond donors (Lipinski definition) is 2. The number of fused-ring (bicyclic) bond motifs is 2. The molecule has 3 aromatic rings. The number of thiophene rings is 1. The second kappa shape index (κ2) is 8.39. The van der Waals surface area contributed by atoms with E-state index in [1.54, 1.807) is 4.90 Å². The Bertz CT molecular complexity index is 1110. The van der Waals surface area contributed by atoms with Crippen LogP contribution in [0.15, 0.2) is 6.07 Å². The summed E-state index contributed by atoms with van der Waals surface area (Å²) in [6.07, 6.45) is -3.97. The number of aromatic nitrogens is 5.